The van der Waals surface area contributed by atoms with Crippen molar-refractivity contribution in [1.29, 1.82) is 0 Å². The third kappa shape index (κ3) is 3.19. The van der Waals surface area contributed by atoms with E-state index in [0.717, 1.165) is 25.1 Å². The number of rotatable bonds is 5. The molecule has 0 saturated carbocycles. The number of carbonyl (C=O) groups excluding carboxylic acids is 1. The van der Waals surface area contributed by atoms with Crippen molar-refractivity contribution in [3.05, 3.63) is 29.3 Å². The summed E-state index contributed by atoms with van der Waals surface area (Å²) >= 11 is 0. The van der Waals surface area contributed by atoms with Gasteiger partial charge in [0.2, 0.25) is 0 Å². The quantitative estimate of drug-likeness (QED) is 0.891. The Bertz CT molecular complexity index is 485. The normalized spacial score (nSPS) is 15.6. The second-order valence-electron chi connectivity index (χ2n) is 5.80. The summed E-state index contributed by atoms with van der Waals surface area (Å²) in [6.45, 7) is 5.17. The lowest BCUT2D eigenvalue weighted by molar-refractivity contribution is -0.122. The zero-order valence-electron chi connectivity index (χ0n) is 12.6. The summed E-state index contributed by atoms with van der Waals surface area (Å²) in [5, 5.41) is 0. The van der Waals surface area contributed by atoms with Crippen LogP contribution in [0.5, 0.6) is 0 Å². The van der Waals surface area contributed by atoms with Crippen LogP contribution in [-0.2, 0) is 22.4 Å². The maximum Gasteiger partial charge on any atom is 0.252 e. The summed E-state index contributed by atoms with van der Waals surface area (Å²) in [5.74, 6) is 0.501. The van der Waals surface area contributed by atoms with Crippen LogP contribution in [0.2, 0.25) is 0 Å². The molecule has 2 N–H and O–H groups in total. The van der Waals surface area contributed by atoms with Crippen LogP contribution in [0.15, 0.2) is 18.2 Å². The van der Waals surface area contributed by atoms with E-state index in [1.54, 1.807) is 7.11 Å². The SMILES string of the molecule is COCC(=O)N1CCc2cc(CC(N)C(C)C)ccc21. The third-order valence-electron chi connectivity index (χ3n) is 3.94. The van der Waals surface area contributed by atoms with Gasteiger partial charge in [-0.15, -0.1) is 0 Å². The number of hydrogen-bond acceptors (Lipinski definition) is 3. The Kier molecular flexibility index (Phi) is 4.78. The topological polar surface area (TPSA) is 55.6 Å². The van der Waals surface area contributed by atoms with E-state index < -0.39 is 0 Å². The van der Waals surface area contributed by atoms with E-state index >= 15 is 0 Å². The van der Waals surface area contributed by atoms with Gasteiger partial charge in [0, 0.05) is 25.4 Å². The van der Waals surface area contributed by atoms with Crippen LogP contribution in [0.25, 0.3) is 0 Å². The Labute approximate surface area is 120 Å². The van der Waals surface area contributed by atoms with Crippen LogP contribution in [0, 0.1) is 5.92 Å². The Hall–Kier alpha value is -1.39. The maximum absolute atomic E-state index is 11.9. The van der Waals surface area contributed by atoms with Crippen molar-refractivity contribution < 1.29 is 9.53 Å². The van der Waals surface area contributed by atoms with Gasteiger partial charge in [-0.25, -0.2) is 0 Å². The minimum atomic E-state index is 0.0258. The van der Waals surface area contributed by atoms with E-state index in [2.05, 4.69) is 26.0 Å². The van der Waals surface area contributed by atoms with Gasteiger partial charge in [-0.2, -0.15) is 0 Å². The largest absolute Gasteiger partial charge is 0.375 e. The van der Waals surface area contributed by atoms with Crippen LogP contribution in [0.3, 0.4) is 0 Å². The van der Waals surface area contributed by atoms with Gasteiger partial charge in [-0.1, -0.05) is 26.0 Å². The van der Waals surface area contributed by atoms with Gasteiger partial charge < -0.3 is 15.4 Å². The van der Waals surface area contributed by atoms with Gasteiger partial charge in [0.25, 0.3) is 5.91 Å². The van der Waals surface area contributed by atoms with Crippen molar-refractivity contribution in [2.45, 2.75) is 32.7 Å². The number of anilines is 1. The zero-order chi connectivity index (χ0) is 14.7. The third-order valence-corrected chi connectivity index (χ3v) is 3.94. The monoisotopic (exact) mass is 276 g/mol. The molecule has 110 valence electrons. The van der Waals surface area contributed by atoms with Gasteiger partial charge >= 0.3 is 0 Å². The summed E-state index contributed by atoms with van der Waals surface area (Å²) in [7, 11) is 1.55. The molecular weight excluding hydrogens is 252 g/mol. The van der Waals surface area contributed by atoms with Gasteiger partial charge in [-0.3, -0.25) is 4.79 Å². The lowest BCUT2D eigenvalue weighted by Crippen LogP contribution is -2.32. The number of benzene rings is 1. The number of nitrogens with zero attached hydrogens (tertiary/aromatic N) is 1. The first-order valence-corrected chi connectivity index (χ1v) is 7.19. The molecule has 1 unspecified atom stereocenters. The summed E-state index contributed by atoms with van der Waals surface area (Å²) in [4.78, 5) is 13.8. The number of ether oxygens (including phenoxy) is 1. The van der Waals surface area contributed by atoms with Crippen molar-refractivity contribution in [2.75, 3.05) is 25.2 Å². The molecule has 0 spiro atoms. The van der Waals surface area contributed by atoms with Crippen LogP contribution >= 0.6 is 0 Å². The van der Waals surface area contributed by atoms with E-state index in [1.165, 1.54) is 11.1 Å². The molecule has 20 heavy (non-hydrogen) atoms. The number of hydrogen-bond donors (Lipinski definition) is 1. The number of methoxy groups -OCH3 is 1. The molecule has 4 nitrogen and oxygen atoms in total. The molecule has 1 atom stereocenters. The smallest absolute Gasteiger partial charge is 0.252 e. The molecule has 0 radical (unpaired) electrons. The fraction of sp³-hybridized carbons (Fsp3) is 0.562. The molecule has 1 aliphatic heterocycles. The van der Waals surface area contributed by atoms with Crippen molar-refractivity contribution in [3.8, 4) is 0 Å². The molecule has 1 amide bonds. The van der Waals surface area contributed by atoms with Crippen LogP contribution in [0.4, 0.5) is 5.69 Å². The molecule has 0 saturated heterocycles. The lowest BCUT2D eigenvalue weighted by atomic mass is 9.96. The van der Waals surface area contributed by atoms with Crippen molar-refractivity contribution >= 4 is 11.6 Å². The predicted molar refractivity (Wildman–Crippen MR) is 80.9 cm³/mol. The Morgan fingerprint density at radius 1 is 1.45 bits per heavy atom. The molecule has 0 bridgehead atoms. The molecule has 1 heterocycles. The van der Waals surface area contributed by atoms with Crippen molar-refractivity contribution in [3.63, 3.8) is 0 Å². The van der Waals surface area contributed by atoms with Gasteiger partial charge in [0.15, 0.2) is 0 Å². The highest BCUT2D eigenvalue weighted by atomic mass is 16.5. The highest BCUT2D eigenvalue weighted by molar-refractivity contribution is 5.96. The molecule has 1 aromatic rings. The number of nitrogens with two attached hydrogens (primary N) is 1. The average Bonchev–Trinajstić information content (AvgIpc) is 2.81. The first-order valence-electron chi connectivity index (χ1n) is 7.19. The average molecular weight is 276 g/mol. The second kappa shape index (κ2) is 6.37. The molecule has 4 heteroatoms. The molecule has 0 fully saturated rings. The first-order chi connectivity index (χ1) is 9.52. The van der Waals surface area contributed by atoms with Gasteiger partial charge in [0.1, 0.15) is 6.61 Å². The fourth-order valence-corrected chi connectivity index (χ4v) is 2.55. The molecule has 1 aliphatic rings. The first kappa shape index (κ1) is 15.0. The number of carbonyl (C=O) groups is 1. The standard InChI is InChI=1S/C16H24N2O2/c1-11(2)14(17)9-12-4-5-15-13(8-12)6-7-18(15)16(19)10-20-3/h4-5,8,11,14H,6-7,9-10,17H2,1-3H3. The van der Waals surface area contributed by atoms with Crippen LogP contribution < -0.4 is 10.6 Å². The predicted octanol–water partition coefficient (Wildman–Crippen LogP) is 1.75. The van der Waals surface area contributed by atoms with E-state index in [1.807, 2.05) is 11.0 Å². The summed E-state index contributed by atoms with van der Waals surface area (Å²) in [5.41, 5.74) is 9.64. The lowest BCUT2D eigenvalue weighted by Gasteiger charge is -2.18. The maximum atomic E-state index is 11.9. The van der Waals surface area contributed by atoms with Crippen LogP contribution in [0.1, 0.15) is 25.0 Å². The molecule has 2 rings (SSSR count). The minimum absolute atomic E-state index is 0.0258. The Morgan fingerprint density at radius 2 is 2.20 bits per heavy atom. The molecule has 0 aromatic heterocycles. The summed E-state index contributed by atoms with van der Waals surface area (Å²) in [6.07, 6.45) is 1.80. The number of fused-ring (bicyclic) bond motifs is 1. The van der Waals surface area contributed by atoms with Gasteiger partial charge in [-0.05, 0) is 36.0 Å². The molecular formula is C16H24N2O2. The summed E-state index contributed by atoms with van der Waals surface area (Å²) < 4.78 is 4.93. The van der Waals surface area contributed by atoms with Crippen molar-refractivity contribution in [2.24, 2.45) is 11.7 Å². The van der Waals surface area contributed by atoms with Crippen molar-refractivity contribution in [1.82, 2.24) is 0 Å². The second-order valence-corrected chi connectivity index (χ2v) is 5.80. The summed E-state index contributed by atoms with van der Waals surface area (Å²) in [6, 6.07) is 6.50. The zero-order valence-corrected chi connectivity index (χ0v) is 12.6. The fourth-order valence-electron chi connectivity index (χ4n) is 2.55. The number of amides is 1. The van der Waals surface area contributed by atoms with E-state index in [0.29, 0.717) is 5.92 Å². The highest BCUT2D eigenvalue weighted by Crippen LogP contribution is 2.29. The van der Waals surface area contributed by atoms with E-state index in [4.69, 9.17) is 10.5 Å². The van der Waals surface area contributed by atoms with E-state index in [-0.39, 0.29) is 18.6 Å². The van der Waals surface area contributed by atoms with E-state index in [9.17, 15) is 4.79 Å². The minimum Gasteiger partial charge on any atom is -0.375 e. The highest BCUT2D eigenvalue weighted by Gasteiger charge is 2.24. The Morgan fingerprint density at radius 3 is 2.85 bits per heavy atom. The molecule has 0 aliphatic carbocycles. The Balaban J connectivity index is 2.12. The molecule has 1 aromatic carbocycles. The van der Waals surface area contributed by atoms with Gasteiger partial charge in [0.05, 0.1) is 0 Å². The van der Waals surface area contributed by atoms with Crippen LogP contribution in [-0.4, -0.2) is 32.2 Å².